The summed E-state index contributed by atoms with van der Waals surface area (Å²) < 4.78 is 7.21. The molecule has 0 aromatic carbocycles. The van der Waals surface area contributed by atoms with E-state index in [1.807, 2.05) is 11.7 Å². The summed E-state index contributed by atoms with van der Waals surface area (Å²) in [4.78, 5) is 0. The molecule has 82 valence electrons. The van der Waals surface area contributed by atoms with Crippen molar-refractivity contribution in [1.82, 2.24) is 9.78 Å². The number of nitrogen functional groups attached to an aromatic ring is 1. The van der Waals surface area contributed by atoms with Gasteiger partial charge in [0.15, 0.2) is 0 Å². The second-order valence-electron chi connectivity index (χ2n) is 4.62. The third kappa shape index (κ3) is 1.14. The molecule has 2 unspecified atom stereocenters. The van der Waals surface area contributed by atoms with Crippen LogP contribution >= 0.6 is 0 Å². The minimum Gasteiger partial charge on any atom is -0.384 e. The number of aromatic nitrogens is 2. The van der Waals surface area contributed by atoms with Crippen molar-refractivity contribution in [2.45, 2.75) is 19.3 Å². The predicted molar refractivity (Wildman–Crippen MR) is 57.5 cm³/mol. The molecule has 2 atom stereocenters. The zero-order valence-corrected chi connectivity index (χ0v) is 9.23. The predicted octanol–water partition coefficient (Wildman–Crippen LogP) is 0.924. The molecule has 0 bridgehead atoms. The number of hydrogen-bond donors (Lipinski definition) is 1. The number of anilines is 1. The molecule has 1 aromatic heterocycles. The van der Waals surface area contributed by atoms with E-state index < -0.39 is 0 Å². The molecule has 2 aliphatic rings. The molecular formula is C11H17N3O. The molecule has 1 saturated carbocycles. The smallest absolute Gasteiger partial charge is 0.124 e. The van der Waals surface area contributed by atoms with Gasteiger partial charge < -0.3 is 10.5 Å². The summed E-state index contributed by atoms with van der Waals surface area (Å²) in [5, 5.41) is 4.56. The van der Waals surface area contributed by atoms with Gasteiger partial charge in [0.25, 0.3) is 0 Å². The molecule has 0 spiro atoms. The van der Waals surface area contributed by atoms with E-state index >= 15 is 0 Å². The normalized spacial score (nSPS) is 33.1. The lowest BCUT2D eigenvalue weighted by atomic mass is 10.1. The molecule has 2 N–H and O–H groups in total. The van der Waals surface area contributed by atoms with Crippen LogP contribution in [0.2, 0.25) is 0 Å². The molecule has 2 heterocycles. The number of fused-ring (bicyclic) bond motifs is 1. The summed E-state index contributed by atoms with van der Waals surface area (Å²) in [7, 11) is 1.92. The fourth-order valence-corrected chi connectivity index (χ4v) is 2.88. The molecule has 1 aliphatic heterocycles. The van der Waals surface area contributed by atoms with Gasteiger partial charge in [-0.15, -0.1) is 0 Å². The average molecular weight is 207 g/mol. The lowest BCUT2D eigenvalue weighted by molar-refractivity contribution is 0.159. The van der Waals surface area contributed by atoms with Gasteiger partial charge in [0.1, 0.15) is 5.82 Å². The molecule has 15 heavy (non-hydrogen) atoms. The lowest BCUT2D eigenvalue weighted by Gasteiger charge is -2.03. The fourth-order valence-electron chi connectivity index (χ4n) is 2.88. The Hall–Kier alpha value is -1.03. The van der Waals surface area contributed by atoms with E-state index in [2.05, 4.69) is 12.0 Å². The highest BCUT2D eigenvalue weighted by Gasteiger charge is 2.56. The zero-order valence-electron chi connectivity index (χ0n) is 9.23. The van der Waals surface area contributed by atoms with Crippen molar-refractivity contribution in [3.8, 4) is 0 Å². The minimum absolute atomic E-state index is 0.622. The quantitative estimate of drug-likeness (QED) is 0.784. The van der Waals surface area contributed by atoms with Gasteiger partial charge in [-0.1, -0.05) is 6.92 Å². The summed E-state index contributed by atoms with van der Waals surface area (Å²) in [6, 6.07) is 0. The molecule has 4 nitrogen and oxygen atoms in total. The maximum atomic E-state index is 6.00. The van der Waals surface area contributed by atoms with Gasteiger partial charge in [-0.2, -0.15) is 5.10 Å². The summed E-state index contributed by atoms with van der Waals surface area (Å²) >= 11 is 0. The largest absolute Gasteiger partial charge is 0.384 e. The van der Waals surface area contributed by atoms with Crippen LogP contribution in [0.5, 0.6) is 0 Å². The fraction of sp³-hybridized carbons (Fsp3) is 0.727. The Morgan fingerprint density at radius 2 is 2.13 bits per heavy atom. The van der Waals surface area contributed by atoms with Crippen molar-refractivity contribution in [2.75, 3.05) is 18.9 Å². The van der Waals surface area contributed by atoms with Crippen molar-refractivity contribution >= 4 is 5.82 Å². The van der Waals surface area contributed by atoms with Gasteiger partial charge in [-0.25, -0.2) is 0 Å². The Bertz CT molecular complexity index is 389. The molecule has 0 radical (unpaired) electrons. The highest BCUT2D eigenvalue weighted by molar-refractivity contribution is 5.47. The highest BCUT2D eigenvalue weighted by Crippen LogP contribution is 2.58. The summed E-state index contributed by atoms with van der Waals surface area (Å²) in [5.74, 6) is 2.88. The summed E-state index contributed by atoms with van der Waals surface area (Å²) in [6.45, 7) is 3.97. The van der Waals surface area contributed by atoms with E-state index in [-0.39, 0.29) is 0 Å². The molecular weight excluding hydrogens is 190 g/mol. The second-order valence-corrected chi connectivity index (χ2v) is 4.62. The number of nitrogens with zero attached hydrogens (tertiary/aromatic N) is 2. The van der Waals surface area contributed by atoms with E-state index in [0.717, 1.165) is 25.5 Å². The number of aryl methyl sites for hydroxylation is 1. The summed E-state index contributed by atoms with van der Waals surface area (Å²) in [6.07, 6.45) is 0.978. The molecule has 1 aromatic rings. The Morgan fingerprint density at radius 1 is 1.47 bits per heavy atom. The highest BCUT2D eigenvalue weighted by atomic mass is 16.5. The maximum Gasteiger partial charge on any atom is 0.124 e. The Balaban J connectivity index is 1.95. The van der Waals surface area contributed by atoms with Crippen molar-refractivity contribution in [3.63, 3.8) is 0 Å². The first-order chi connectivity index (χ1) is 7.24. The van der Waals surface area contributed by atoms with Crippen LogP contribution < -0.4 is 5.73 Å². The summed E-state index contributed by atoms with van der Waals surface area (Å²) in [5.41, 5.74) is 8.48. The minimum atomic E-state index is 0.622. The van der Waals surface area contributed by atoms with Crippen LogP contribution in [-0.2, 0) is 18.2 Å². The van der Waals surface area contributed by atoms with Crippen molar-refractivity contribution in [3.05, 3.63) is 11.3 Å². The number of hydrogen-bond acceptors (Lipinski definition) is 3. The average Bonchev–Trinajstić information content (AvgIpc) is 2.59. The second kappa shape index (κ2) is 2.98. The zero-order chi connectivity index (χ0) is 10.6. The third-order valence-corrected chi connectivity index (χ3v) is 3.85. The van der Waals surface area contributed by atoms with E-state index in [1.165, 1.54) is 11.3 Å². The van der Waals surface area contributed by atoms with Crippen LogP contribution in [0.3, 0.4) is 0 Å². The van der Waals surface area contributed by atoms with E-state index in [4.69, 9.17) is 10.5 Å². The third-order valence-electron chi connectivity index (χ3n) is 3.85. The molecule has 0 amide bonds. The number of ether oxygens (including phenoxy) is 1. The molecule has 2 fully saturated rings. The van der Waals surface area contributed by atoms with E-state index in [1.54, 1.807) is 0 Å². The van der Waals surface area contributed by atoms with Gasteiger partial charge in [0, 0.05) is 18.5 Å². The Morgan fingerprint density at radius 3 is 2.73 bits per heavy atom. The number of nitrogens with two attached hydrogens (primary N) is 1. The first kappa shape index (κ1) is 9.21. The van der Waals surface area contributed by atoms with Gasteiger partial charge in [0.05, 0.1) is 18.9 Å². The first-order valence-electron chi connectivity index (χ1n) is 5.63. The lowest BCUT2D eigenvalue weighted by Crippen LogP contribution is -2.00. The standard InChI is InChI=1S/C11H17N3O/c1-3-6-10(13-14(2)11(6)12)9-7-4-15-5-8(7)9/h7-9H,3-5,12H2,1-2H3. The van der Waals surface area contributed by atoms with Crippen molar-refractivity contribution < 1.29 is 4.74 Å². The molecule has 4 heteroatoms. The molecule has 1 saturated heterocycles. The van der Waals surface area contributed by atoms with Gasteiger partial charge in [0.2, 0.25) is 0 Å². The van der Waals surface area contributed by atoms with Gasteiger partial charge in [-0.05, 0) is 18.3 Å². The van der Waals surface area contributed by atoms with Crippen LogP contribution in [0.15, 0.2) is 0 Å². The molecule has 3 rings (SSSR count). The first-order valence-corrected chi connectivity index (χ1v) is 5.63. The van der Waals surface area contributed by atoms with Gasteiger partial charge >= 0.3 is 0 Å². The topological polar surface area (TPSA) is 53.1 Å². The SMILES string of the molecule is CCc1c(C2C3COCC32)nn(C)c1N. The number of rotatable bonds is 2. The van der Waals surface area contributed by atoms with Crippen LogP contribution in [-0.4, -0.2) is 23.0 Å². The molecule has 1 aliphatic carbocycles. The van der Waals surface area contributed by atoms with Crippen molar-refractivity contribution in [2.24, 2.45) is 18.9 Å². The van der Waals surface area contributed by atoms with E-state index in [9.17, 15) is 0 Å². The van der Waals surface area contributed by atoms with Crippen LogP contribution in [0.4, 0.5) is 5.82 Å². The maximum absolute atomic E-state index is 6.00. The monoisotopic (exact) mass is 207 g/mol. The van der Waals surface area contributed by atoms with Crippen molar-refractivity contribution in [1.29, 1.82) is 0 Å². The Labute approximate surface area is 89.4 Å². The van der Waals surface area contributed by atoms with Gasteiger partial charge in [-0.3, -0.25) is 4.68 Å². The van der Waals surface area contributed by atoms with Crippen LogP contribution in [0, 0.1) is 11.8 Å². The van der Waals surface area contributed by atoms with Crippen LogP contribution in [0.1, 0.15) is 24.1 Å². The Kier molecular flexibility index (Phi) is 1.83. The van der Waals surface area contributed by atoms with E-state index in [0.29, 0.717) is 17.8 Å². The van der Waals surface area contributed by atoms with Crippen LogP contribution in [0.25, 0.3) is 0 Å².